The third kappa shape index (κ3) is 5.02. The van der Waals surface area contributed by atoms with Gasteiger partial charge >= 0.3 is 0 Å². The molecule has 0 spiro atoms. The van der Waals surface area contributed by atoms with Crippen molar-refractivity contribution in [3.8, 4) is 17.1 Å². The number of nitrogens with one attached hydrogen (secondary N) is 1. The van der Waals surface area contributed by atoms with E-state index in [1.807, 2.05) is 0 Å². The van der Waals surface area contributed by atoms with Crippen LogP contribution in [0.4, 0.5) is 5.69 Å². The molecule has 1 aliphatic rings. The lowest BCUT2D eigenvalue weighted by atomic mass is 9.98. The van der Waals surface area contributed by atoms with Crippen LogP contribution >= 0.6 is 11.6 Å². The van der Waals surface area contributed by atoms with Crippen molar-refractivity contribution in [3.05, 3.63) is 53.4 Å². The summed E-state index contributed by atoms with van der Waals surface area (Å²) in [5.41, 5.74) is 1.06. The van der Waals surface area contributed by atoms with E-state index in [0.29, 0.717) is 42.3 Å². The Morgan fingerprint density at radius 1 is 1.27 bits per heavy atom. The average molecular weight is 491 g/mol. The number of ether oxygens (including phenoxy) is 1. The van der Waals surface area contributed by atoms with Crippen molar-refractivity contribution in [2.75, 3.05) is 25.5 Å². The number of rotatable bonds is 6. The highest BCUT2D eigenvalue weighted by molar-refractivity contribution is 7.89. The standard InChI is InChI=1S/C22H23ClN4O5S/c1-14-24-21(26-32-14)15-8-9-19(23)20(11-15)33(29,30)27-10-4-5-16(13-27)22(28)25-17-6-3-7-18(12-17)31-2/h3,6-9,11-12,16H,4-5,10,13H2,1-2H3,(H,25,28). The summed E-state index contributed by atoms with van der Waals surface area (Å²) in [5, 5.41) is 6.77. The largest absolute Gasteiger partial charge is 0.497 e. The van der Waals surface area contributed by atoms with Gasteiger partial charge in [-0.05, 0) is 43.2 Å². The van der Waals surface area contributed by atoms with Gasteiger partial charge in [-0.3, -0.25) is 4.79 Å². The summed E-state index contributed by atoms with van der Waals surface area (Å²) in [6, 6.07) is 11.6. The second-order valence-corrected chi connectivity index (χ2v) is 10.0. The number of carbonyl (C=O) groups excluding carboxylic acids is 1. The smallest absolute Gasteiger partial charge is 0.244 e. The fraction of sp³-hybridized carbons (Fsp3) is 0.318. The van der Waals surface area contributed by atoms with Crippen molar-refractivity contribution < 1.29 is 22.5 Å². The summed E-state index contributed by atoms with van der Waals surface area (Å²) in [6.45, 7) is 2.00. The molecule has 9 nitrogen and oxygen atoms in total. The SMILES string of the molecule is COc1cccc(NC(=O)C2CCCN(S(=O)(=O)c3cc(-c4noc(C)n4)ccc3Cl)C2)c1. The minimum absolute atomic E-state index is 0.0556. The highest BCUT2D eigenvalue weighted by atomic mass is 35.5. The molecule has 11 heteroatoms. The first-order valence-electron chi connectivity index (χ1n) is 10.3. The summed E-state index contributed by atoms with van der Waals surface area (Å²) < 4.78 is 38.3. The van der Waals surface area contributed by atoms with Crippen LogP contribution < -0.4 is 10.1 Å². The first-order valence-corrected chi connectivity index (χ1v) is 12.1. The minimum atomic E-state index is -3.95. The van der Waals surface area contributed by atoms with Gasteiger partial charge in [-0.1, -0.05) is 22.8 Å². The normalized spacial score (nSPS) is 17.0. The molecule has 1 unspecified atom stereocenters. The number of aromatic nitrogens is 2. The molecule has 1 saturated heterocycles. The lowest BCUT2D eigenvalue weighted by Gasteiger charge is -2.31. The fourth-order valence-corrected chi connectivity index (χ4v) is 5.74. The number of nitrogens with zero attached hydrogens (tertiary/aromatic N) is 3. The Morgan fingerprint density at radius 3 is 2.82 bits per heavy atom. The molecule has 33 heavy (non-hydrogen) atoms. The molecule has 2 aromatic carbocycles. The molecule has 1 fully saturated rings. The van der Waals surface area contributed by atoms with Crippen LogP contribution in [0.3, 0.4) is 0 Å². The molecule has 1 atom stereocenters. The monoisotopic (exact) mass is 490 g/mol. The van der Waals surface area contributed by atoms with Crippen LogP contribution in [-0.2, 0) is 14.8 Å². The number of halogens is 1. The maximum absolute atomic E-state index is 13.4. The van der Waals surface area contributed by atoms with Crippen LogP contribution in [0, 0.1) is 12.8 Å². The number of aryl methyl sites for hydroxylation is 1. The predicted octanol–water partition coefficient (Wildman–Crippen LogP) is 3.75. The number of amides is 1. The van der Waals surface area contributed by atoms with Gasteiger partial charge in [0.15, 0.2) is 0 Å². The second-order valence-electron chi connectivity index (χ2n) is 7.71. The summed E-state index contributed by atoms with van der Waals surface area (Å²) in [7, 11) is -2.40. The molecule has 0 bridgehead atoms. The highest BCUT2D eigenvalue weighted by Gasteiger charge is 2.34. The zero-order valence-corrected chi connectivity index (χ0v) is 19.7. The molecule has 1 aromatic heterocycles. The number of sulfonamides is 1. The van der Waals surface area contributed by atoms with Crippen LogP contribution in [-0.4, -0.2) is 49.0 Å². The van der Waals surface area contributed by atoms with Gasteiger partial charge in [-0.15, -0.1) is 0 Å². The van der Waals surface area contributed by atoms with Gasteiger partial charge in [0.05, 0.1) is 18.1 Å². The zero-order valence-electron chi connectivity index (χ0n) is 18.1. The lowest BCUT2D eigenvalue weighted by Crippen LogP contribution is -2.43. The minimum Gasteiger partial charge on any atom is -0.497 e. The van der Waals surface area contributed by atoms with E-state index in [9.17, 15) is 13.2 Å². The van der Waals surface area contributed by atoms with E-state index in [1.165, 1.54) is 16.4 Å². The Bertz CT molecular complexity index is 1280. The lowest BCUT2D eigenvalue weighted by molar-refractivity contribution is -0.120. The Kier molecular flexibility index (Phi) is 6.68. The summed E-state index contributed by atoms with van der Waals surface area (Å²) in [6.07, 6.45) is 1.13. The van der Waals surface area contributed by atoms with Crippen molar-refractivity contribution in [2.24, 2.45) is 5.92 Å². The van der Waals surface area contributed by atoms with Gasteiger partial charge in [0.1, 0.15) is 10.6 Å². The average Bonchev–Trinajstić information content (AvgIpc) is 3.25. The number of anilines is 1. The molecule has 1 aliphatic heterocycles. The molecule has 0 saturated carbocycles. The maximum Gasteiger partial charge on any atom is 0.244 e. The van der Waals surface area contributed by atoms with E-state index in [0.717, 1.165) is 0 Å². The van der Waals surface area contributed by atoms with Gasteiger partial charge in [0, 0.05) is 37.3 Å². The maximum atomic E-state index is 13.4. The molecule has 2 heterocycles. The number of carbonyl (C=O) groups is 1. The summed E-state index contributed by atoms with van der Waals surface area (Å²) in [4.78, 5) is 16.9. The molecular weight excluding hydrogens is 468 g/mol. The number of hydrogen-bond donors (Lipinski definition) is 1. The summed E-state index contributed by atoms with van der Waals surface area (Å²) >= 11 is 6.27. The number of methoxy groups -OCH3 is 1. The van der Waals surface area contributed by atoms with Crippen molar-refractivity contribution in [1.29, 1.82) is 0 Å². The van der Waals surface area contributed by atoms with Crippen molar-refractivity contribution in [2.45, 2.75) is 24.7 Å². The van der Waals surface area contributed by atoms with Gasteiger partial charge in [0.25, 0.3) is 0 Å². The van der Waals surface area contributed by atoms with Crippen LogP contribution in [0.15, 0.2) is 51.9 Å². The first-order chi connectivity index (χ1) is 15.8. The Hall–Kier alpha value is -2.95. The molecule has 3 aromatic rings. The Balaban J connectivity index is 1.54. The third-order valence-electron chi connectivity index (χ3n) is 5.43. The zero-order chi connectivity index (χ0) is 23.6. The molecule has 1 amide bonds. The molecule has 1 N–H and O–H groups in total. The Labute approximate surface area is 196 Å². The van der Waals surface area contributed by atoms with Gasteiger partial charge in [-0.25, -0.2) is 8.42 Å². The van der Waals surface area contributed by atoms with Crippen molar-refractivity contribution in [3.63, 3.8) is 0 Å². The molecule has 0 radical (unpaired) electrons. The van der Waals surface area contributed by atoms with Gasteiger partial charge in [-0.2, -0.15) is 9.29 Å². The quantitative estimate of drug-likeness (QED) is 0.559. The van der Waals surface area contributed by atoms with Gasteiger partial charge in [0.2, 0.25) is 27.6 Å². The number of benzene rings is 2. The second kappa shape index (κ2) is 9.50. The fourth-order valence-electron chi connectivity index (χ4n) is 3.72. The van der Waals surface area contributed by atoms with Gasteiger partial charge < -0.3 is 14.6 Å². The van der Waals surface area contributed by atoms with Crippen LogP contribution in [0.5, 0.6) is 5.75 Å². The van der Waals surface area contributed by atoms with E-state index < -0.39 is 15.9 Å². The number of piperidine rings is 1. The van der Waals surface area contributed by atoms with E-state index in [1.54, 1.807) is 44.4 Å². The topological polar surface area (TPSA) is 115 Å². The van der Waals surface area contributed by atoms with E-state index >= 15 is 0 Å². The van der Waals surface area contributed by atoms with Crippen molar-refractivity contribution >= 4 is 33.2 Å². The first kappa shape index (κ1) is 23.2. The number of hydrogen-bond acceptors (Lipinski definition) is 7. The summed E-state index contributed by atoms with van der Waals surface area (Å²) in [5.74, 6) is 0.513. The third-order valence-corrected chi connectivity index (χ3v) is 7.77. The molecule has 174 valence electrons. The van der Waals surface area contributed by atoms with E-state index in [-0.39, 0.29) is 28.2 Å². The molecular formula is C22H23ClN4O5S. The van der Waals surface area contributed by atoms with Crippen molar-refractivity contribution in [1.82, 2.24) is 14.4 Å². The highest BCUT2D eigenvalue weighted by Crippen LogP contribution is 2.32. The predicted molar refractivity (Wildman–Crippen MR) is 123 cm³/mol. The van der Waals surface area contributed by atoms with E-state index in [2.05, 4.69) is 15.5 Å². The van der Waals surface area contributed by atoms with Crippen LogP contribution in [0.2, 0.25) is 5.02 Å². The van der Waals surface area contributed by atoms with Crippen LogP contribution in [0.25, 0.3) is 11.4 Å². The molecule has 0 aliphatic carbocycles. The van der Waals surface area contributed by atoms with E-state index in [4.69, 9.17) is 20.9 Å². The van der Waals surface area contributed by atoms with Crippen LogP contribution in [0.1, 0.15) is 18.7 Å². The molecule has 4 rings (SSSR count). The Morgan fingerprint density at radius 2 is 2.09 bits per heavy atom.